The molecule has 52 heavy (non-hydrogen) atoms. The first-order chi connectivity index (χ1) is 24.6. The highest BCUT2D eigenvalue weighted by atomic mass is 35.5. The first-order valence-corrected chi connectivity index (χ1v) is 17.0. The summed E-state index contributed by atoms with van der Waals surface area (Å²) in [5.41, 5.74) is -0.507. The molecular weight excluding hydrogens is 753 g/mol. The van der Waals surface area contributed by atoms with Crippen molar-refractivity contribution in [2.24, 2.45) is 0 Å². The van der Waals surface area contributed by atoms with Gasteiger partial charge in [-0.05, 0) is 17.7 Å². The Balaban J connectivity index is 0.000000251. The van der Waals surface area contributed by atoms with Gasteiger partial charge < -0.3 is 30.0 Å². The van der Waals surface area contributed by atoms with E-state index in [2.05, 4.69) is 30.6 Å². The predicted molar refractivity (Wildman–Crippen MR) is 185 cm³/mol. The van der Waals surface area contributed by atoms with Gasteiger partial charge in [0.25, 0.3) is 5.56 Å². The van der Waals surface area contributed by atoms with E-state index in [-0.39, 0.29) is 62.0 Å². The van der Waals surface area contributed by atoms with Gasteiger partial charge in [-0.3, -0.25) is 9.78 Å². The molecule has 5 aromatic rings. The molecule has 0 saturated heterocycles. The molecule has 20 heteroatoms. The molecule has 0 aliphatic rings. The van der Waals surface area contributed by atoms with Crippen molar-refractivity contribution in [1.29, 1.82) is 0 Å². The highest BCUT2D eigenvalue weighted by Crippen LogP contribution is 2.32. The minimum Gasteiger partial charge on any atom is -0.495 e. The quantitative estimate of drug-likeness (QED) is 0.0923. The van der Waals surface area contributed by atoms with Gasteiger partial charge in [0, 0.05) is 18.4 Å². The van der Waals surface area contributed by atoms with Gasteiger partial charge in [-0.25, -0.2) is 36.8 Å². The Morgan fingerprint density at radius 2 is 1.46 bits per heavy atom. The lowest BCUT2D eigenvalue weighted by molar-refractivity contribution is 0.0466. The van der Waals surface area contributed by atoms with Crippen molar-refractivity contribution < 1.29 is 46.1 Å². The van der Waals surface area contributed by atoms with Crippen molar-refractivity contribution in [3.05, 3.63) is 116 Å². The standard InChI is InChI=1S/C20H17ClFN3O5S.C12H9ClFN3O4/c1-29-17-8-13(19(26)30-11-12-6-4-3-5-7-12)15(22)9-16(17)24-20-23-10-14(21)18(25-20)31(2,27)28;1-21-9-2-5(11(19)20)7(14)3-8(9)16-12-15-4-6(13)10(18)17-12/h3-10H,11H2,1-2H3,(H,23,24,25);2-4H,1H3,(H,19,20)(H2,15,16,17,18). The molecule has 15 nitrogen and oxygen atoms in total. The molecule has 0 aliphatic heterocycles. The van der Waals surface area contributed by atoms with E-state index in [1.165, 1.54) is 20.3 Å². The van der Waals surface area contributed by atoms with E-state index in [4.69, 9.17) is 42.5 Å². The zero-order chi connectivity index (χ0) is 38.2. The number of H-pyrrole nitrogens is 1. The number of nitrogens with zero attached hydrogens (tertiary/aromatic N) is 3. The third kappa shape index (κ3) is 9.89. The number of esters is 1. The maximum absolute atomic E-state index is 14.6. The van der Waals surface area contributed by atoms with Crippen LogP contribution in [0.15, 0.2) is 76.8 Å². The average Bonchev–Trinajstić information content (AvgIpc) is 3.10. The van der Waals surface area contributed by atoms with Crippen molar-refractivity contribution >= 4 is 68.2 Å². The topological polar surface area (TPSA) is 212 Å². The van der Waals surface area contributed by atoms with Gasteiger partial charge in [-0.2, -0.15) is 4.98 Å². The highest BCUT2D eigenvalue weighted by Gasteiger charge is 2.21. The molecule has 3 aromatic carbocycles. The lowest BCUT2D eigenvalue weighted by atomic mass is 10.1. The zero-order valence-corrected chi connectivity index (χ0v) is 29.4. The van der Waals surface area contributed by atoms with E-state index in [1.54, 1.807) is 24.3 Å². The molecule has 0 radical (unpaired) electrons. The van der Waals surface area contributed by atoms with Crippen LogP contribution < -0.4 is 25.7 Å². The smallest absolute Gasteiger partial charge is 0.341 e. The van der Waals surface area contributed by atoms with E-state index >= 15 is 0 Å². The lowest BCUT2D eigenvalue weighted by Gasteiger charge is -2.13. The van der Waals surface area contributed by atoms with Crippen LogP contribution in [0, 0.1) is 11.6 Å². The lowest BCUT2D eigenvalue weighted by Crippen LogP contribution is -2.11. The number of sulfone groups is 1. The summed E-state index contributed by atoms with van der Waals surface area (Å²) in [4.78, 5) is 48.4. The number of hydrogen-bond acceptors (Lipinski definition) is 13. The van der Waals surface area contributed by atoms with Gasteiger partial charge in [-0.1, -0.05) is 53.5 Å². The minimum absolute atomic E-state index is 0.00479. The number of carbonyl (C=O) groups excluding carboxylic acids is 1. The van der Waals surface area contributed by atoms with E-state index in [1.807, 2.05) is 6.07 Å². The summed E-state index contributed by atoms with van der Waals surface area (Å²) in [5.74, 6) is -4.10. The van der Waals surface area contributed by atoms with Crippen LogP contribution in [0.4, 0.5) is 32.1 Å². The molecule has 0 spiro atoms. The number of carbonyl (C=O) groups is 2. The Morgan fingerprint density at radius 3 is 2.04 bits per heavy atom. The van der Waals surface area contributed by atoms with Crippen LogP contribution in [-0.2, 0) is 21.2 Å². The van der Waals surface area contributed by atoms with E-state index in [0.717, 1.165) is 42.4 Å². The van der Waals surface area contributed by atoms with Crippen molar-refractivity contribution in [3.63, 3.8) is 0 Å². The van der Waals surface area contributed by atoms with Crippen molar-refractivity contribution in [2.75, 3.05) is 31.1 Å². The monoisotopic (exact) mass is 778 g/mol. The second-order valence-electron chi connectivity index (χ2n) is 10.2. The molecule has 272 valence electrons. The van der Waals surface area contributed by atoms with Crippen molar-refractivity contribution in [2.45, 2.75) is 11.6 Å². The number of carboxylic acids is 1. The van der Waals surface area contributed by atoms with Gasteiger partial charge in [0.1, 0.15) is 34.8 Å². The fourth-order valence-electron chi connectivity index (χ4n) is 4.12. The summed E-state index contributed by atoms with van der Waals surface area (Å²) in [5, 5.41) is 13.5. The molecule has 4 N–H and O–H groups in total. The minimum atomic E-state index is -3.71. The molecule has 5 rings (SSSR count). The second kappa shape index (κ2) is 16.9. The van der Waals surface area contributed by atoms with Crippen LogP contribution in [0.5, 0.6) is 11.5 Å². The number of halogens is 4. The zero-order valence-electron chi connectivity index (χ0n) is 27.0. The molecular formula is C32H26Cl2F2N6O9S. The Labute approximate surface area is 303 Å². The van der Waals surface area contributed by atoms with Gasteiger partial charge >= 0.3 is 11.9 Å². The largest absolute Gasteiger partial charge is 0.495 e. The number of rotatable bonds is 11. The van der Waals surface area contributed by atoms with E-state index < -0.39 is 44.5 Å². The van der Waals surface area contributed by atoms with Crippen LogP contribution in [0.2, 0.25) is 10.0 Å². The Bertz CT molecular complexity index is 2300. The fourth-order valence-corrected chi connectivity index (χ4v) is 5.39. The van der Waals surface area contributed by atoms with Crippen LogP contribution in [-0.4, -0.2) is 65.9 Å². The van der Waals surface area contributed by atoms with Gasteiger partial charge in [-0.15, -0.1) is 0 Å². The van der Waals surface area contributed by atoms with Crippen molar-refractivity contribution in [1.82, 2.24) is 19.9 Å². The van der Waals surface area contributed by atoms with Gasteiger partial charge in [0.15, 0.2) is 14.9 Å². The summed E-state index contributed by atoms with van der Waals surface area (Å²) < 4.78 is 67.2. The molecule has 2 aromatic heterocycles. The number of ether oxygens (including phenoxy) is 3. The number of aromatic carboxylic acids is 1. The third-order valence-corrected chi connectivity index (χ3v) is 8.23. The Hall–Kier alpha value is -5.85. The maximum Gasteiger partial charge on any atom is 0.341 e. The van der Waals surface area contributed by atoms with Gasteiger partial charge in [0.2, 0.25) is 11.9 Å². The molecule has 0 atom stereocenters. The molecule has 0 unspecified atom stereocenters. The average molecular weight is 780 g/mol. The van der Waals surface area contributed by atoms with E-state index in [9.17, 15) is 31.6 Å². The Kier molecular flexibility index (Phi) is 12.7. The summed E-state index contributed by atoms with van der Waals surface area (Å²) in [6.45, 7) is -0.0195. The third-order valence-electron chi connectivity index (χ3n) is 6.56. The molecule has 2 heterocycles. The first-order valence-electron chi connectivity index (χ1n) is 14.3. The summed E-state index contributed by atoms with van der Waals surface area (Å²) in [7, 11) is -1.09. The summed E-state index contributed by atoms with van der Waals surface area (Å²) in [6, 6.07) is 13.1. The predicted octanol–water partition coefficient (Wildman–Crippen LogP) is 5.79. The van der Waals surface area contributed by atoms with Crippen LogP contribution in [0.1, 0.15) is 26.3 Å². The number of carboxylic acid groups (broad SMARTS) is 1. The van der Waals surface area contributed by atoms with Crippen LogP contribution >= 0.6 is 23.2 Å². The first kappa shape index (κ1) is 38.9. The number of benzene rings is 3. The Morgan fingerprint density at radius 1 is 0.885 bits per heavy atom. The SMILES string of the molecule is COc1cc(C(=O)O)c(F)cc1Nc1ncc(Cl)c(=O)[nH]1.COc1cc(C(=O)OCc2ccccc2)c(F)cc1Nc1ncc(Cl)c(S(C)(=O)=O)n1. The molecule has 0 aliphatic carbocycles. The number of nitrogens with one attached hydrogen (secondary N) is 3. The maximum atomic E-state index is 14.6. The summed E-state index contributed by atoms with van der Waals surface area (Å²) >= 11 is 11.4. The molecule has 0 amide bonds. The van der Waals surface area contributed by atoms with Crippen LogP contribution in [0.25, 0.3) is 0 Å². The number of aromatic amines is 1. The second-order valence-corrected chi connectivity index (χ2v) is 13.0. The number of anilines is 4. The molecule has 0 saturated carbocycles. The van der Waals surface area contributed by atoms with Crippen molar-refractivity contribution in [3.8, 4) is 11.5 Å². The number of methoxy groups -OCH3 is 2. The number of aromatic nitrogens is 4. The normalized spacial score (nSPS) is 10.8. The summed E-state index contributed by atoms with van der Waals surface area (Å²) in [6.07, 6.45) is 3.17. The molecule has 0 bridgehead atoms. The van der Waals surface area contributed by atoms with Gasteiger partial charge in [0.05, 0.1) is 54.1 Å². The molecule has 0 fully saturated rings. The van der Waals surface area contributed by atoms with Crippen LogP contribution in [0.3, 0.4) is 0 Å². The highest BCUT2D eigenvalue weighted by molar-refractivity contribution is 7.90. The van der Waals surface area contributed by atoms with E-state index in [0.29, 0.717) is 0 Å². The number of hydrogen-bond donors (Lipinski definition) is 4. The fraction of sp³-hybridized carbons (Fsp3) is 0.125.